The lowest BCUT2D eigenvalue weighted by molar-refractivity contribution is -0.138. The molecular formula is C36H52ClN5O4S. The molecule has 1 aliphatic carbocycles. The standard InChI is InChI=1S/C36H52ClN5O4S/c1-26(2)24-42(47(3,45)46)25-34(28-9-5-4-6-10-28)40-17-19-41(20-18-40)36(44)33(21-27-13-15-30(37)16-14-27)39-35(43)22-32-31-12-8-7-11-29(31)23-38-32/h7-8,11-16,26,28,32-34,38H,4-6,9-10,17-25H2,1-3H3,(H,39,43). The number of fused-ring (bicyclic) bond motifs is 1. The van der Waals surface area contributed by atoms with Gasteiger partial charge in [-0.2, -0.15) is 0 Å². The van der Waals surface area contributed by atoms with Gasteiger partial charge in [0.25, 0.3) is 0 Å². The molecule has 2 aromatic rings. The fraction of sp³-hybridized carbons (Fsp3) is 0.611. The van der Waals surface area contributed by atoms with Crippen molar-refractivity contribution in [3.05, 3.63) is 70.2 Å². The van der Waals surface area contributed by atoms with Crippen LogP contribution in [-0.2, 0) is 32.6 Å². The molecular weight excluding hydrogens is 634 g/mol. The van der Waals surface area contributed by atoms with Gasteiger partial charge in [0.2, 0.25) is 21.8 Å². The van der Waals surface area contributed by atoms with E-state index in [0.717, 1.165) is 30.5 Å². The molecule has 3 atom stereocenters. The lowest BCUT2D eigenvalue weighted by Crippen LogP contribution is -2.59. The molecule has 0 spiro atoms. The van der Waals surface area contributed by atoms with Crippen molar-refractivity contribution in [2.24, 2.45) is 11.8 Å². The summed E-state index contributed by atoms with van der Waals surface area (Å²) in [4.78, 5) is 31.8. The summed E-state index contributed by atoms with van der Waals surface area (Å²) in [5.41, 5.74) is 3.27. The summed E-state index contributed by atoms with van der Waals surface area (Å²) in [6.07, 6.45) is 7.76. The highest BCUT2D eigenvalue weighted by Crippen LogP contribution is 2.31. The van der Waals surface area contributed by atoms with E-state index in [1.165, 1.54) is 31.1 Å². The summed E-state index contributed by atoms with van der Waals surface area (Å²) in [6.45, 7) is 8.27. The molecule has 3 aliphatic rings. The van der Waals surface area contributed by atoms with E-state index in [4.69, 9.17) is 11.6 Å². The number of rotatable bonds is 13. The van der Waals surface area contributed by atoms with E-state index in [0.29, 0.717) is 56.6 Å². The third-order valence-electron chi connectivity index (χ3n) is 10.1. The Bertz CT molecular complexity index is 1460. The van der Waals surface area contributed by atoms with Crippen molar-refractivity contribution in [3.63, 3.8) is 0 Å². The lowest BCUT2D eigenvalue weighted by Gasteiger charge is -2.45. The third kappa shape index (κ3) is 9.79. The van der Waals surface area contributed by atoms with Gasteiger partial charge in [-0.05, 0) is 53.5 Å². The van der Waals surface area contributed by atoms with Gasteiger partial charge in [0.1, 0.15) is 6.04 Å². The van der Waals surface area contributed by atoms with Gasteiger partial charge < -0.3 is 15.5 Å². The monoisotopic (exact) mass is 685 g/mol. The highest BCUT2D eigenvalue weighted by atomic mass is 35.5. The minimum Gasteiger partial charge on any atom is -0.344 e. The van der Waals surface area contributed by atoms with Crippen molar-refractivity contribution < 1.29 is 18.0 Å². The summed E-state index contributed by atoms with van der Waals surface area (Å²) < 4.78 is 27.3. The van der Waals surface area contributed by atoms with Crippen LogP contribution in [0.3, 0.4) is 0 Å². The van der Waals surface area contributed by atoms with Crippen molar-refractivity contribution in [2.75, 3.05) is 45.5 Å². The van der Waals surface area contributed by atoms with E-state index >= 15 is 0 Å². The number of halogens is 1. The number of carbonyl (C=O) groups excluding carboxylic acids is 2. The first-order valence-corrected chi connectivity index (χ1v) is 19.5. The number of amides is 2. The summed E-state index contributed by atoms with van der Waals surface area (Å²) >= 11 is 6.14. The Morgan fingerprint density at radius 2 is 1.66 bits per heavy atom. The van der Waals surface area contributed by atoms with E-state index in [9.17, 15) is 18.0 Å². The van der Waals surface area contributed by atoms with Crippen LogP contribution in [0.5, 0.6) is 0 Å². The van der Waals surface area contributed by atoms with Crippen molar-refractivity contribution in [3.8, 4) is 0 Å². The zero-order valence-corrected chi connectivity index (χ0v) is 29.7. The average molecular weight is 686 g/mol. The predicted molar refractivity (Wildman–Crippen MR) is 187 cm³/mol. The molecule has 1 saturated carbocycles. The third-order valence-corrected chi connectivity index (χ3v) is 11.6. The van der Waals surface area contributed by atoms with E-state index < -0.39 is 16.1 Å². The summed E-state index contributed by atoms with van der Waals surface area (Å²) in [6, 6.07) is 14.9. The Morgan fingerprint density at radius 3 is 2.32 bits per heavy atom. The second-order valence-electron chi connectivity index (χ2n) is 14.1. The zero-order valence-electron chi connectivity index (χ0n) is 28.2. The number of benzene rings is 2. The number of nitrogens with zero attached hydrogens (tertiary/aromatic N) is 3. The van der Waals surface area contributed by atoms with Gasteiger partial charge in [-0.25, -0.2) is 12.7 Å². The van der Waals surface area contributed by atoms with E-state index in [-0.39, 0.29) is 36.2 Å². The molecule has 2 aliphatic heterocycles. The van der Waals surface area contributed by atoms with Gasteiger partial charge in [-0.3, -0.25) is 14.5 Å². The van der Waals surface area contributed by atoms with Crippen LogP contribution in [0, 0.1) is 11.8 Å². The van der Waals surface area contributed by atoms with Crippen molar-refractivity contribution >= 4 is 33.4 Å². The van der Waals surface area contributed by atoms with Crippen molar-refractivity contribution in [2.45, 2.75) is 83.5 Å². The van der Waals surface area contributed by atoms with Gasteiger partial charge in [0.15, 0.2) is 0 Å². The minimum atomic E-state index is -3.35. The highest BCUT2D eigenvalue weighted by Gasteiger charge is 2.37. The predicted octanol–water partition coefficient (Wildman–Crippen LogP) is 4.61. The van der Waals surface area contributed by atoms with Crippen molar-refractivity contribution in [1.82, 2.24) is 24.7 Å². The van der Waals surface area contributed by atoms with Gasteiger partial charge in [0.05, 0.1) is 6.26 Å². The van der Waals surface area contributed by atoms with Gasteiger partial charge >= 0.3 is 0 Å². The van der Waals surface area contributed by atoms with Crippen LogP contribution in [0.1, 0.15) is 75.1 Å². The first-order valence-electron chi connectivity index (χ1n) is 17.3. The van der Waals surface area contributed by atoms with Gasteiger partial charge in [-0.1, -0.05) is 81.1 Å². The molecule has 2 heterocycles. The molecule has 3 unspecified atom stereocenters. The van der Waals surface area contributed by atoms with Crippen molar-refractivity contribution in [1.29, 1.82) is 0 Å². The second-order valence-corrected chi connectivity index (χ2v) is 16.5. The van der Waals surface area contributed by atoms with Crippen LogP contribution in [-0.4, -0.2) is 91.9 Å². The van der Waals surface area contributed by atoms with Crippen LogP contribution >= 0.6 is 11.6 Å². The second kappa shape index (κ2) is 16.3. The first kappa shape index (κ1) is 35.8. The molecule has 0 bridgehead atoms. The quantitative estimate of drug-likeness (QED) is 0.320. The molecule has 1 saturated heterocycles. The fourth-order valence-electron chi connectivity index (χ4n) is 7.59. The number of hydrogen-bond acceptors (Lipinski definition) is 6. The van der Waals surface area contributed by atoms with Crippen LogP contribution < -0.4 is 10.6 Å². The molecule has 11 heteroatoms. The highest BCUT2D eigenvalue weighted by molar-refractivity contribution is 7.88. The Kier molecular flexibility index (Phi) is 12.4. The first-order chi connectivity index (χ1) is 22.5. The van der Waals surface area contributed by atoms with E-state index in [1.54, 1.807) is 4.31 Å². The Morgan fingerprint density at radius 1 is 0.979 bits per heavy atom. The molecule has 5 rings (SSSR count). The molecule has 2 N–H and O–H groups in total. The van der Waals surface area contributed by atoms with E-state index in [1.807, 2.05) is 41.3 Å². The maximum atomic E-state index is 14.1. The molecule has 9 nitrogen and oxygen atoms in total. The maximum absolute atomic E-state index is 14.1. The largest absolute Gasteiger partial charge is 0.344 e. The summed E-state index contributed by atoms with van der Waals surface area (Å²) in [5, 5.41) is 7.15. The maximum Gasteiger partial charge on any atom is 0.245 e. The fourth-order valence-corrected chi connectivity index (χ4v) is 8.71. The Labute approximate surface area is 286 Å². The van der Waals surface area contributed by atoms with E-state index in [2.05, 4.69) is 41.5 Å². The minimum absolute atomic E-state index is 0.0834. The average Bonchev–Trinajstić information content (AvgIpc) is 3.45. The Hall–Kier alpha value is -2.50. The lowest BCUT2D eigenvalue weighted by atomic mass is 9.82. The van der Waals surface area contributed by atoms with Gasteiger partial charge in [-0.15, -0.1) is 0 Å². The number of hydrogen-bond donors (Lipinski definition) is 2. The molecule has 2 amide bonds. The molecule has 2 fully saturated rings. The zero-order chi connectivity index (χ0) is 33.6. The summed E-state index contributed by atoms with van der Waals surface area (Å²) in [5.74, 6) is 0.430. The van der Waals surface area contributed by atoms with Crippen LogP contribution in [0.4, 0.5) is 0 Å². The molecule has 0 aromatic heterocycles. The molecule has 0 radical (unpaired) electrons. The van der Waals surface area contributed by atoms with Crippen LogP contribution in [0.2, 0.25) is 5.02 Å². The smallest absolute Gasteiger partial charge is 0.245 e. The topological polar surface area (TPSA) is 102 Å². The molecule has 2 aromatic carbocycles. The Balaban J connectivity index is 1.27. The SMILES string of the molecule is CC(C)CN(CC(C1CCCCC1)N1CCN(C(=O)C(Cc2ccc(Cl)cc2)NC(=O)CC2NCc3ccccc32)CC1)S(C)(=O)=O. The molecule has 47 heavy (non-hydrogen) atoms. The number of carbonyl (C=O) groups is 2. The van der Waals surface area contributed by atoms with Crippen LogP contribution in [0.25, 0.3) is 0 Å². The number of piperazine rings is 1. The normalized spacial score (nSPS) is 20.7. The van der Waals surface area contributed by atoms with Gasteiger partial charge in [0, 0.05) is 75.8 Å². The van der Waals surface area contributed by atoms with Crippen LogP contribution in [0.15, 0.2) is 48.5 Å². The number of sulfonamides is 1. The number of nitrogens with one attached hydrogen (secondary N) is 2. The summed E-state index contributed by atoms with van der Waals surface area (Å²) in [7, 11) is -3.35. The molecule has 258 valence electrons.